The van der Waals surface area contributed by atoms with Gasteiger partial charge in [-0.15, -0.1) is 0 Å². The molecule has 1 aliphatic carbocycles. The topological polar surface area (TPSA) is 9.23 Å². The third kappa shape index (κ3) is 2.12. The van der Waals surface area contributed by atoms with Gasteiger partial charge in [0.05, 0.1) is 4.47 Å². The number of hydrogen-bond acceptors (Lipinski definition) is 1. The SMILES string of the molecule is ClC1(Cl)CC1Oc1ccccc1Br. The molecule has 4 heteroatoms. The van der Waals surface area contributed by atoms with E-state index < -0.39 is 4.33 Å². The maximum Gasteiger partial charge on any atom is 0.158 e. The maximum atomic E-state index is 5.83. The van der Waals surface area contributed by atoms with E-state index >= 15 is 0 Å². The molecule has 1 fully saturated rings. The van der Waals surface area contributed by atoms with Crippen molar-refractivity contribution in [1.82, 2.24) is 0 Å². The van der Waals surface area contributed by atoms with Gasteiger partial charge in [0.1, 0.15) is 11.9 Å². The van der Waals surface area contributed by atoms with Crippen LogP contribution in [0, 0.1) is 0 Å². The van der Waals surface area contributed by atoms with Gasteiger partial charge in [0.15, 0.2) is 4.33 Å². The lowest BCUT2D eigenvalue weighted by molar-refractivity contribution is 0.298. The summed E-state index contributed by atoms with van der Waals surface area (Å²) in [6.07, 6.45) is 0.617. The fraction of sp³-hybridized carbons (Fsp3) is 0.333. The molecule has 2 rings (SSSR count). The van der Waals surface area contributed by atoms with Crippen molar-refractivity contribution in [3.8, 4) is 5.75 Å². The van der Waals surface area contributed by atoms with Gasteiger partial charge in [0.2, 0.25) is 0 Å². The van der Waals surface area contributed by atoms with Gasteiger partial charge in [0.25, 0.3) is 0 Å². The molecule has 0 amide bonds. The molecule has 0 spiro atoms. The molecule has 0 bridgehead atoms. The monoisotopic (exact) mass is 280 g/mol. The number of alkyl halides is 2. The second kappa shape index (κ2) is 3.34. The Morgan fingerprint density at radius 2 is 2.00 bits per heavy atom. The highest BCUT2D eigenvalue weighted by atomic mass is 79.9. The fourth-order valence-corrected chi connectivity index (χ4v) is 1.76. The molecule has 1 nitrogen and oxygen atoms in total. The lowest BCUT2D eigenvalue weighted by Gasteiger charge is -2.07. The minimum Gasteiger partial charge on any atom is -0.486 e. The molecular formula is C9H7BrCl2O. The van der Waals surface area contributed by atoms with Crippen LogP contribution in [0.4, 0.5) is 0 Å². The Morgan fingerprint density at radius 1 is 1.38 bits per heavy atom. The van der Waals surface area contributed by atoms with Crippen LogP contribution in [-0.2, 0) is 0 Å². The number of rotatable bonds is 2. The average molecular weight is 282 g/mol. The average Bonchev–Trinajstić information content (AvgIpc) is 2.64. The van der Waals surface area contributed by atoms with Crippen LogP contribution in [0.1, 0.15) is 6.42 Å². The summed E-state index contributed by atoms with van der Waals surface area (Å²) >= 11 is 15.0. The summed E-state index contributed by atoms with van der Waals surface area (Å²) in [5.41, 5.74) is 0. The molecule has 1 aromatic carbocycles. The summed E-state index contributed by atoms with van der Waals surface area (Å²) in [5.74, 6) is 0.788. The Balaban J connectivity index is 2.07. The smallest absolute Gasteiger partial charge is 0.158 e. The summed E-state index contributed by atoms with van der Waals surface area (Å²) in [7, 11) is 0. The predicted molar refractivity (Wildman–Crippen MR) is 57.6 cm³/mol. The summed E-state index contributed by atoms with van der Waals surface area (Å²) < 4.78 is 5.80. The van der Waals surface area contributed by atoms with Crippen LogP contribution in [0.5, 0.6) is 5.75 Å². The van der Waals surface area contributed by atoms with Gasteiger partial charge in [-0.1, -0.05) is 35.3 Å². The Bertz CT molecular complexity index is 327. The zero-order valence-corrected chi connectivity index (χ0v) is 9.73. The summed E-state index contributed by atoms with van der Waals surface area (Å²) in [4.78, 5) is 0. The van der Waals surface area contributed by atoms with E-state index in [2.05, 4.69) is 15.9 Å². The van der Waals surface area contributed by atoms with E-state index in [9.17, 15) is 0 Å². The molecule has 1 unspecified atom stereocenters. The lowest BCUT2D eigenvalue weighted by atomic mass is 10.3. The van der Waals surface area contributed by atoms with Crippen molar-refractivity contribution < 1.29 is 4.74 Å². The van der Waals surface area contributed by atoms with Crippen LogP contribution in [0.2, 0.25) is 0 Å². The molecule has 1 atom stereocenters. The number of benzene rings is 1. The summed E-state index contributed by atoms with van der Waals surface area (Å²) in [6, 6.07) is 7.64. The van der Waals surface area contributed by atoms with Gasteiger partial charge < -0.3 is 4.74 Å². The second-order valence-corrected chi connectivity index (χ2v) is 5.40. The Morgan fingerprint density at radius 3 is 2.54 bits per heavy atom. The zero-order valence-electron chi connectivity index (χ0n) is 6.64. The van der Waals surface area contributed by atoms with Crippen LogP contribution in [0.15, 0.2) is 28.7 Å². The molecular weight excluding hydrogens is 275 g/mol. The molecule has 0 heterocycles. The number of halogens is 3. The fourth-order valence-electron chi connectivity index (χ4n) is 1.01. The molecule has 0 aromatic heterocycles. The van der Waals surface area contributed by atoms with Crippen molar-refractivity contribution in [1.29, 1.82) is 0 Å². The number of hydrogen-bond donors (Lipinski definition) is 0. The zero-order chi connectivity index (χ0) is 9.47. The molecule has 13 heavy (non-hydrogen) atoms. The molecule has 1 saturated carbocycles. The van der Waals surface area contributed by atoms with Gasteiger partial charge in [-0.05, 0) is 28.1 Å². The quantitative estimate of drug-likeness (QED) is 0.750. The maximum absolute atomic E-state index is 5.83. The Labute approximate surface area is 95.1 Å². The summed E-state index contributed by atoms with van der Waals surface area (Å²) in [6.45, 7) is 0. The normalized spacial score (nSPS) is 24.1. The van der Waals surface area contributed by atoms with Crippen LogP contribution < -0.4 is 4.74 Å². The van der Waals surface area contributed by atoms with Crippen LogP contribution in [-0.4, -0.2) is 10.4 Å². The molecule has 0 N–H and O–H groups in total. The Kier molecular flexibility index (Phi) is 2.47. The first-order chi connectivity index (χ1) is 6.09. The number of para-hydroxylation sites is 1. The highest BCUT2D eigenvalue weighted by Crippen LogP contribution is 2.49. The van der Waals surface area contributed by atoms with Gasteiger partial charge in [-0.25, -0.2) is 0 Å². The first kappa shape index (κ1) is 9.63. The molecule has 1 aliphatic rings. The van der Waals surface area contributed by atoms with Crippen LogP contribution in [0.3, 0.4) is 0 Å². The highest BCUT2D eigenvalue weighted by Gasteiger charge is 2.54. The van der Waals surface area contributed by atoms with Crippen molar-refractivity contribution >= 4 is 39.1 Å². The van der Waals surface area contributed by atoms with E-state index in [1.165, 1.54) is 0 Å². The van der Waals surface area contributed by atoms with Crippen molar-refractivity contribution in [3.05, 3.63) is 28.7 Å². The molecule has 0 radical (unpaired) electrons. The first-order valence-electron chi connectivity index (χ1n) is 3.88. The van der Waals surface area contributed by atoms with Crippen LogP contribution in [0.25, 0.3) is 0 Å². The van der Waals surface area contributed by atoms with Crippen LogP contribution >= 0.6 is 39.1 Å². The third-order valence-corrected chi connectivity index (χ3v) is 3.32. The molecule has 1 aromatic rings. The number of ether oxygens (including phenoxy) is 1. The summed E-state index contributed by atoms with van der Waals surface area (Å²) in [5, 5.41) is 0. The van der Waals surface area contributed by atoms with Crippen molar-refractivity contribution in [2.45, 2.75) is 16.9 Å². The molecule has 70 valence electrons. The van der Waals surface area contributed by atoms with E-state index in [0.29, 0.717) is 6.42 Å². The van der Waals surface area contributed by atoms with E-state index in [0.717, 1.165) is 10.2 Å². The van der Waals surface area contributed by atoms with Gasteiger partial charge in [-0.3, -0.25) is 0 Å². The van der Waals surface area contributed by atoms with E-state index in [1.54, 1.807) is 0 Å². The highest BCUT2D eigenvalue weighted by molar-refractivity contribution is 9.10. The lowest BCUT2D eigenvalue weighted by Crippen LogP contribution is -2.05. The predicted octanol–water partition coefficient (Wildman–Crippen LogP) is 3.77. The largest absolute Gasteiger partial charge is 0.486 e. The molecule has 0 saturated heterocycles. The van der Waals surface area contributed by atoms with Gasteiger partial charge in [-0.2, -0.15) is 0 Å². The molecule has 0 aliphatic heterocycles. The van der Waals surface area contributed by atoms with E-state index in [1.807, 2.05) is 24.3 Å². The van der Waals surface area contributed by atoms with E-state index in [4.69, 9.17) is 27.9 Å². The first-order valence-corrected chi connectivity index (χ1v) is 5.43. The van der Waals surface area contributed by atoms with E-state index in [-0.39, 0.29) is 6.10 Å². The minimum atomic E-state index is -0.685. The standard InChI is InChI=1S/C9H7BrCl2O/c10-6-3-1-2-4-7(6)13-8-5-9(8,11)12/h1-4,8H,5H2. The van der Waals surface area contributed by atoms with Crippen molar-refractivity contribution in [2.75, 3.05) is 0 Å². The van der Waals surface area contributed by atoms with Gasteiger partial charge in [0, 0.05) is 6.42 Å². The Hall–Kier alpha value is 0.0800. The van der Waals surface area contributed by atoms with Gasteiger partial charge >= 0.3 is 0 Å². The second-order valence-electron chi connectivity index (χ2n) is 3.00. The third-order valence-electron chi connectivity index (χ3n) is 1.87. The van der Waals surface area contributed by atoms with Crippen molar-refractivity contribution in [3.63, 3.8) is 0 Å². The van der Waals surface area contributed by atoms with Crippen molar-refractivity contribution in [2.24, 2.45) is 0 Å². The minimum absolute atomic E-state index is 0.0745.